The van der Waals surface area contributed by atoms with Crippen molar-refractivity contribution in [2.75, 3.05) is 20.2 Å². The van der Waals surface area contributed by atoms with E-state index < -0.39 is 0 Å². The number of pyridine rings is 1. The van der Waals surface area contributed by atoms with Crippen molar-refractivity contribution in [3.8, 4) is 5.88 Å². The summed E-state index contributed by atoms with van der Waals surface area (Å²) in [7, 11) is 1.50. The number of aromatic nitrogens is 1. The van der Waals surface area contributed by atoms with Crippen LogP contribution < -0.4 is 15.8 Å². The molecule has 0 atom stereocenters. The lowest BCUT2D eigenvalue weighted by Crippen LogP contribution is -2.34. The molecular weight excluding hydrogens is 242 g/mol. The molecule has 0 saturated carbocycles. The van der Waals surface area contributed by atoms with Crippen LogP contribution in [0.3, 0.4) is 0 Å². The Hall–Kier alpha value is -1.62. The van der Waals surface area contributed by atoms with Gasteiger partial charge in [0, 0.05) is 12.7 Å². The second-order valence-corrected chi connectivity index (χ2v) is 5.30. The van der Waals surface area contributed by atoms with Crippen LogP contribution in [0.1, 0.15) is 37.0 Å². The number of methoxy groups -OCH3 is 1. The fourth-order valence-corrected chi connectivity index (χ4v) is 1.81. The van der Waals surface area contributed by atoms with Crippen LogP contribution in [0.4, 0.5) is 0 Å². The first kappa shape index (κ1) is 15.4. The Kier molecular flexibility index (Phi) is 5.76. The van der Waals surface area contributed by atoms with Crippen LogP contribution in [0, 0.1) is 5.41 Å². The Morgan fingerprint density at radius 3 is 2.89 bits per heavy atom. The number of nitrogens with two attached hydrogens (primary N) is 1. The van der Waals surface area contributed by atoms with Crippen LogP contribution in [-0.2, 0) is 0 Å². The van der Waals surface area contributed by atoms with Gasteiger partial charge in [0.05, 0.1) is 7.11 Å². The van der Waals surface area contributed by atoms with E-state index in [9.17, 15) is 4.79 Å². The van der Waals surface area contributed by atoms with E-state index in [-0.39, 0.29) is 11.3 Å². The molecule has 0 saturated heterocycles. The summed E-state index contributed by atoms with van der Waals surface area (Å²) in [4.78, 5) is 16.1. The molecule has 0 radical (unpaired) electrons. The van der Waals surface area contributed by atoms with E-state index in [1.165, 1.54) is 7.11 Å². The first-order valence-corrected chi connectivity index (χ1v) is 6.47. The van der Waals surface area contributed by atoms with Gasteiger partial charge < -0.3 is 15.8 Å². The number of carbonyl (C=O) groups excluding carboxylic acids is 1. The van der Waals surface area contributed by atoms with E-state index in [0.29, 0.717) is 24.5 Å². The monoisotopic (exact) mass is 265 g/mol. The number of hydrogen-bond donors (Lipinski definition) is 2. The van der Waals surface area contributed by atoms with Crippen LogP contribution >= 0.6 is 0 Å². The van der Waals surface area contributed by atoms with Crippen molar-refractivity contribution in [1.82, 2.24) is 10.3 Å². The van der Waals surface area contributed by atoms with Gasteiger partial charge in [-0.2, -0.15) is 0 Å². The summed E-state index contributed by atoms with van der Waals surface area (Å²) in [5.41, 5.74) is 6.00. The Morgan fingerprint density at radius 1 is 1.53 bits per heavy atom. The van der Waals surface area contributed by atoms with Gasteiger partial charge in [0.2, 0.25) is 5.88 Å². The van der Waals surface area contributed by atoms with Crippen molar-refractivity contribution in [3.63, 3.8) is 0 Å². The van der Waals surface area contributed by atoms with E-state index in [1.807, 2.05) is 0 Å². The molecule has 0 unspecified atom stereocenters. The van der Waals surface area contributed by atoms with Crippen molar-refractivity contribution in [2.24, 2.45) is 11.1 Å². The number of rotatable bonds is 7. The largest absolute Gasteiger partial charge is 0.480 e. The fraction of sp³-hybridized carbons (Fsp3) is 0.571. The Bertz CT molecular complexity index is 419. The zero-order chi connectivity index (χ0) is 14.3. The number of amides is 1. The molecule has 5 nitrogen and oxygen atoms in total. The van der Waals surface area contributed by atoms with Gasteiger partial charge in [-0.15, -0.1) is 0 Å². The highest BCUT2D eigenvalue weighted by atomic mass is 16.5. The molecule has 0 aromatic carbocycles. The number of nitrogens with one attached hydrogen (secondary N) is 1. The number of carbonyl (C=O) groups is 1. The number of ether oxygens (including phenoxy) is 1. The van der Waals surface area contributed by atoms with Crippen molar-refractivity contribution in [1.29, 1.82) is 0 Å². The lowest BCUT2D eigenvalue weighted by Gasteiger charge is -2.24. The zero-order valence-electron chi connectivity index (χ0n) is 11.9. The molecular formula is C14H23N3O2. The van der Waals surface area contributed by atoms with Gasteiger partial charge >= 0.3 is 0 Å². The van der Waals surface area contributed by atoms with Gasteiger partial charge in [0.25, 0.3) is 5.91 Å². The number of nitrogens with zero attached hydrogens (tertiary/aromatic N) is 1. The predicted octanol–water partition coefficient (Wildman–Crippen LogP) is 1.59. The molecule has 0 aliphatic carbocycles. The minimum absolute atomic E-state index is 0.0322. The van der Waals surface area contributed by atoms with Crippen LogP contribution in [0.2, 0.25) is 0 Å². The van der Waals surface area contributed by atoms with Crippen LogP contribution in [-0.4, -0.2) is 31.1 Å². The average Bonchev–Trinajstić information content (AvgIpc) is 2.42. The average molecular weight is 265 g/mol. The van der Waals surface area contributed by atoms with Crippen LogP contribution in [0.25, 0.3) is 0 Å². The quantitative estimate of drug-likeness (QED) is 0.784. The van der Waals surface area contributed by atoms with Crippen molar-refractivity contribution in [3.05, 3.63) is 23.9 Å². The molecule has 0 aliphatic heterocycles. The lowest BCUT2D eigenvalue weighted by atomic mass is 9.87. The first-order chi connectivity index (χ1) is 9.00. The third kappa shape index (κ3) is 4.87. The van der Waals surface area contributed by atoms with Crippen molar-refractivity contribution < 1.29 is 9.53 Å². The molecule has 1 heterocycles. The third-order valence-corrected chi connectivity index (χ3v) is 2.99. The van der Waals surface area contributed by atoms with Crippen LogP contribution in [0.15, 0.2) is 18.3 Å². The SMILES string of the molecule is COc1ncccc1C(=O)NCC(C)(C)CCCN. The maximum atomic E-state index is 12.1. The van der Waals surface area contributed by atoms with E-state index in [2.05, 4.69) is 24.1 Å². The molecule has 1 amide bonds. The third-order valence-electron chi connectivity index (χ3n) is 2.99. The standard InChI is InChI=1S/C14H23N3O2/c1-14(2,7-5-8-15)10-17-12(18)11-6-4-9-16-13(11)19-3/h4,6,9H,5,7-8,10,15H2,1-3H3,(H,17,18). The fourth-order valence-electron chi connectivity index (χ4n) is 1.81. The van der Waals surface area contributed by atoms with Gasteiger partial charge in [-0.1, -0.05) is 13.8 Å². The van der Waals surface area contributed by atoms with E-state index in [1.54, 1.807) is 18.3 Å². The molecule has 0 fully saturated rings. The second kappa shape index (κ2) is 7.09. The summed E-state index contributed by atoms with van der Waals surface area (Å²) in [6, 6.07) is 3.42. The van der Waals surface area contributed by atoms with Crippen LogP contribution in [0.5, 0.6) is 5.88 Å². The van der Waals surface area contributed by atoms with Crippen molar-refractivity contribution >= 4 is 5.91 Å². The Morgan fingerprint density at radius 2 is 2.26 bits per heavy atom. The first-order valence-electron chi connectivity index (χ1n) is 6.47. The Balaban J connectivity index is 2.60. The molecule has 1 aromatic rings. The summed E-state index contributed by atoms with van der Waals surface area (Å²) >= 11 is 0. The summed E-state index contributed by atoms with van der Waals surface area (Å²) in [6.07, 6.45) is 3.54. The second-order valence-electron chi connectivity index (χ2n) is 5.30. The molecule has 19 heavy (non-hydrogen) atoms. The van der Waals surface area contributed by atoms with Gasteiger partial charge in [-0.25, -0.2) is 4.98 Å². The molecule has 106 valence electrons. The summed E-state index contributed by atoms with van der Waals surface area (Å²) < 4.78 is 5.07. The summed E-state index contributed by atoms with van der Waals surface area (Å²) in [6.45, 7) is 5.50. The number of hydrogen-bond acceptors (Lipinski definition) is 4. The van der Waals surface area contributed by atoms with Gasteiger partial charge in [0.1, 0.15) is 5.56 Å². The smallest absolute Gasteiger partial charge is 0.256 e. The van der Waals surface area contributed by atoms with E-state index in [4.69, 9.17) is 10.5 Å². The molecule has 3 N–H and O–H groups in total. The maximum absolute atomic E-state index is 12.1. The summed E-state index contributed by atoms with van der Waals surface area (Å²) in [5.74, 6) is 0.186. The van der Waals surface area contributed by atoms with Gasteiger partial charge in [-0.3, -0.25) is 4.79 Å². The molecule has 0 aliphatic rings. The van der Waals surface area contributed by atoms with Gasteiger partial charge in [0.15, 0.2) is 0 Å². The Labute approximate surface area is 114 Å². The minimum Gasteiger partial charge on any atom is -0.480 e. The molecule has 5 heteroatoms. The van der Waals surface area contributed by atoms with Crippen molar-refractivity contribution in [2.45, 2.75) is 26.7 Å². The highest BCUT2D eigenvalue weighted by Crippen LogP contribution is 2.21. The highest BCUT2D eigenvalue weighted by molar-refractivity contribution is 5.96. The molecule has 1 aromatic heterocycles. The molecule has 0 spiro atoms. The topological polar surface area (TPSA) is 77.2 Å². The minimum atomic E-state index is -0.161. The van der Waals surface area contributed by atoms with Gasteiger partial charge in [-0.05, 0) is 36.9 Å². The van der Waals surface area contributed by atoms with E-state index in [0.717, 1.165) is 12.8 Å². The summed E-state index contributed by atoms with van der Waals surface area (Å²) in [5, 5.41) is 2.92. The molecule has 0 bridgehead atoms. The predicted molar refractivity (Wildman–Crippen MR) is 75.2 cm³/mol. The zero-order valence-corrected chi connectivity index (χ0v) is 11.9. The lowest BCUT2D eigenvalue weighted by molar-refractivity contribution is 0.0930. The highest BCUT2D eigenvalue weighted by Gasteiger charge is 2.20. The molecule has 1 rings (SSSR count). The normalized spacial score (nSPS) is 11.2. The maximum Gasteiger partial charge on any atom is 0.256 e. The van der Waals surface area contributed by atoms with E-state index >= 15 is 0 Å².